The standard InChI is InChI=1S/C14H21N3O4S/c1-11(18)17-8-9-21-14-5-4-12(10-13(14)17)22(19,20)15-6-7-16(2)3/h4-5,10,15H,6-9H2,1-3H3. The number of nitrogens with zero attached hydrogens (tertiary/aromatic N) is 2. The van der Waals surface area contributed by atoms with Gasteiger partial charge < -0.3 is 14.5 Å². The normalized spacial score (nSPS) is 14.6. The molecule has 8 heteroatoms. The zero-order chi connectivity index (χ0) is 16.3. The Labute approximate surface area is 130 Å². The number of carbonyl (C=O) groups is 1. The molecule has 0 spiro atoms. The molecule has 2 rings (SSSR count). The van der Waals surface area contributed by atoms with Crippen molar-refractivity contribution in [2.24, 2.45) is 0 Å². The number of benzene rings is 1. The van der Waals surface area contributed by atoms with E-state index in [9.17, 15) is 13.2 Å². The molecule has 1 aliphatic rings. The molecule has 1 aromatic carbocycles. The van der Waals surface area contributed by atoms with Gasteiger partial charge in [-0.1, -0.05) is 0 Å². The summed E-state index contributed by atoms with van der Waals surface area (Å²) in [4.78, 5) is 15.2. The van der Waals surface area contributed by atoms with Crippen molar-refractivity contribution in [3.8, 4) is 5.75 Å². The van der Waals surface area contributed by atoms with E-state index in [1.807, 2.05) is 19.0 Å². The van der Waals surface area contributed by atoms with Crippen LogP contribution >= 0.6 is 0 Å². The average molecular weight is 327 g/mol. The second-order valence-corrected chi connectivity index (χ2v) is 7.12. The summed E-state index contributed by atoms with van der Waals surface area (Å²) in [5.41, 5.74) is 0.495. The Morgan fingerprint density at radius 1 is 1.41 bits per heavy atom. The zero-order valence-electron chi connectivity index (χ0n) is 13.0. The molecule has 0 radical (unpaired) electrons. The lowest BCUT2D eigenvalue weighted by Crippen LogP contribution is -2.36. The number of nitrogens with one attached hydrogen (secondary N) is 1. The Morgan fingerprint density at radius 3 is 2.77 bits per heavy atom. The Kier molecular flexibility index (Phi) is 5.05. The topological polar surface area (TPSA) is 78.9 Å². The monoisotopic (exact) mass is 327 g/mol. The third kappa shape index (κ3) is 3.76. The number of ether oxygens (including phenoxy) is 1. The van der Waals surface area contributed by atoms with Crippen LogP contribution in [-0.4, -0.2) is 59.6 Å². The van der Waals surface area contributed by atoms with Gasteiger partial charge in [0.15, 0.2) is 0 Å². The summed E-state index contributed by atoms with van der Waals surface area (Å²) in [6.07, 6.45) is 0. The first-order valence-corrected chi connectivity index (χ1v) is 8.49. The van der Waals surface area contributed by atoms with Crippen molar-refractivity contribution in [1.82, 2.24) is 9.62 Å². The molecule has 122 valence electrons. The van der Waals surface area contributed by atoms with Crippen molar-refractivity contribution < 1.29 is 17.9 Å². The summed E-state index contributed by atoms with van der Waals surface area (Å²) in [6, 6.07) is 4.55. The van der Waals surface area contributed by atoms with E-state index >= 15 is 0 Å². The molecule has 0 saturated carbocycles. The minimum Gasteiger partial charge on any atom is -0.490 e. The van der Waals surface area contributed by atoms with Crippen LogP contribution in [0, 0.1) is 0 Å². The van der Waals surface area contributed by atoms with Gasteiger partial charge in [0.05, 0.1) is 17.1 Å². The average Bonchev–Trinajstić information content (AvgIpc) is 2.45. The lowest BCUT2D eigenvalue weighted by atomic mass is 10.2. The largest absolute Gasteiger partial charge is 0.490 e. The number of sulfonamides is 1. The molecule has 0 fully saturated rings. The van der Waals surface area contributed by atoms with E-state index in [4.69, 9.17) is 4.74 Å². The second-order valence-electron chi connectivity index (χ2n) is 5.35. The first-order valence-electron chi connectivity index (χ1n) is 7.00. The molecule has 1 amide bonds. The second kappa shape index (κ2) is 6.64. The molecule has 0 aromatic heterocycles. The van der Waals surface area contributed by atoms with E-state index in [1.54, 1.807) is 6.07 Å². The minimum absolute atomic E-state index is 0.127. The van der Waals surface area contributed by atoms with E-state index in [2.05, 4.69) is 4.72 Å². The molecular formula is C14H21N3O4S. The van der Waals surface area contributed by atoms with Gasteiger partial charge in [-0.05, 0) is 32.3 Å². The third-order valence-electron chi connectivity index (χ3n) is 3.34. The maximum absolute atomic E-state index is 12.3. The molecular weight excluding hydrogens is 306 g/mol. The van der Waals surface area contributed by atoms with Crippen molar-refractivity contribution in [3.63, 3.8) is 0 Å². The lowest BCUT2D eigenvalue weighted by molar-refractivity contribution is -0.116. The molecule has 1 aliphatic heterocycles. The molecule has 1 N–H and O–H groups in total. The highest BCUT2D eigenvalue weighted by Gasteiger charge is 2.24. The van der Waals surface area contributed by atoms with E-state index in [0.29, 0.717) is 37.7 Å². The first kappa shape index (κ1) is 16.7. The quantitative estimate of drug-likeness (QED) is 0.840. The summed E-state index contributed by atoms with van der Waals surface area (Å²) in [7, 11) is 0.132. The van der Waals surface area contributed by atoms with Crippen LogP contribution in [0.25, 0.3) is 0 Å². The van der Waals surface area contributed by atoms with Crippen molar-refractivity contribution >= 4 is 21.6 Å². The summed E-state index contributed by atoms with van der Waals surface area (Å²) in [5.74, 6) is 0.383. The maximum Gasteiger partial charge on any atom is 0.240 e. The summed E-state index contributed by atoms with van der Waals surface area (Å²) < 4.78 is 32.6. The van der Waals surface area contributed by atoms with Gasteiger partial charge in [-0.15, -0.1) is 0 Å². The molecule has 1 heterocycles. The van der Waals surface area contributed by atoms with Gasteiger partial charge in [-0.3, -0.25) is 4.79 Å². The highest BCUT2D eigenvalue weighted by Crippen LogP contribution is 2.33. The number of rotatable bonds is 5. The number of anilines is 1. The summed E-state index contributed by atoms with van der Waals surface area (Å²) >= 11 is 0. The first-order chi connectivity index (χ1) is 10.3. The van der Waals surface area contributed by atoms with Gasteiger partial charge in [0, 0.05) is 20.0 Å². The maximum atomic E-state index is 12.3. The van der Waals surface area contributed by atoms with E-state index in [-0.39, 0.29) is 10.8 Å². The van der Waals surface area contributed by atoms with Gasteiger partial charge >= 0.3 is 0 Å². The van der Waals surface area contributed by atoms with E-state index < -0.39 is 10.0 Å². The van der Waals surface area contributed by atoms with Gasteiger partial charge in [0.2, 0.25) is 15.9 Å². The number of fused-ring (bicyclic) bond motifs is 1. The Morgan fingerprint density at radius 2 is 2.14 bits per heavy atom. The molecule has 22 heavy (non-hydrogen) atoms. The van der Waals surface area contributed by atoms with Crippen LogP contribution in [0.1, 0.15) is 6.92 Å². The fourth-order valence-corrected chi connectivity index (χ4v) is 3.22. The van der Waals surface area contributed by atoms with Gasteiger partial charge in [0.25, 0.3) is 0 Å². The van der Waals surface area contributed by atoms with Crippen LogP contribution in [0.3, 0.4) is 0 Å². The van der Waals surface area contributed by atoms with Crippen molar-refractivity contribution in [2.75, 3.05) is 45.2 Å². The number of likely N-dealkylation sites (N-methyl/N-ethyl adjacent to an activating group) is 1. The van der Waals surface area contributed by atoms with Gasteiger partial charge in [-0.25, -0.2) is 13.1 Å². The molecule has 0 bridgehead atoms. The highest BCUT2D eigenvalue weighted by atomic mass is 32.2. The van der Waals surface area contributed by atoms with Crippen LogP contribution in [0.4, 0.5) is 5.69 Å². The van der Waals surface area contributed by atoms with E-state index in [1.165, 1.54) is 24.0 Å². The van der Waals surface area contributed by atoms with Crippen molar-refractivity contribution in [2.45, 2.75) is 11.8 Å². The van der Waals surface area contributed by atoms with Crippen LogP contribution in [0.5, 0.6) is 5.75 Å². The molecule has 0 atom stereocenters. The highest BCUT2D eigenvalue weighted by molar-refractivity contribution is 7.89. The molecule has 7 nitrogen and oxygen atoms in total. The number of carbonyl (C=O) groups excluding carboxylic acids is 1. The summed E-state index contributed by atoms with van der Waals surface area (Å²) in [6.45, 7) is 3.19. The fraction of sp³-hybridized carbons (Fsp3) is 0.500. The number of hydrogen-bond acceptors (Lipinski definition) is 5. The predicted octanol–water partition coefficient (Wildman–Crippen LogP) is 0.272. The van der Waals surface area contributed by atoms with Crippen molar-refractivity contribution in [3.05, 3.63) is 18.2 Å². The zero-order valence-corrected chi connectivity index (χ0v) is 13.8. The summed E-state index contributed by atoms with van der Waals surface area (Å²) in [5, 5.41) is 0. The predicted molar refractivity (Wildman–Crippen MR) is 83.7 cm³/mol. The van der Waals surface area contributed by atoms with Crippen LogP contribution in [0.15, 0.2) is 23.1 Å². The Bertz CT molecular complexity index is 658. The SMILES string of the molecule is CC(=O)N1CCOc2ccc(S(=O)(=O)NCCN(C)C)cc21. The molecule has 0 aliphatic carbocycles. The minimum atomic E-state index is -3.61. The Balaban J connectivity index is 2.26. The molecule has 1 aromatic rings. The van der Waals surface area contributed by atoms with Crippen LogP contribution in [0.2, 0.25) is 0 Å². The Hall–Kier alpha value is -1.64. The van der Waals surface area contributed by atoms with Gasteiger partial charge in [0.1, 0.15) is 12.4 Å². The van der Waals surface area contributed by atoms with E-state index in [0.717, 1.165) is 0 Å². The van der Waals surface area contributed by atoms with Crippen LogP contribution < -0.4 is 14.4 Å². The molecule has 0 saturated heterocycles. The van der Waals surface area contributed by atoms with Crippen LogP contribution in [-0.2, 0) is 14.8 Å². The fourth-order valence-electron chi connectivity index (χ4n) is 2.18. The molecule has 0 unspecified atom stereocenters. The van der Waals surface area contributed by atoms with Gasteiger partial charge in [-0.2, -0.15) is 0 Å². The number of hydrogen-bond donors (Lipinski definition) is 1. The number of amides is 1. The lowest BCUT2D eigenvalue weighted by Gasteiger charge is -2.29. The van der Waals surface area contributed by atoms with Crippen molar-refractivity contribution in [1.29, 1.82) is 0 Å². The smallest absolute Gasteiger partial charge is 0.240 e. The third-order valence-corrected chi connectivity index (χ3v) is 4.79.